The molecule has 0 saturated carbocycles. The third-order valence-corrected chi connectivity index (χ3v) is 1.84. The Morgan fingerprint density at radius 1 is 1.39 bits per heavy atom. The summed E-state index contributed by atoms with van der Waals surface area (Å²) in [7, 11) is 0. The minimum atomic E-state index is -1.10. The first kappa shape index (κ1) is 13.4. The van der Waals surface area contributed by atoms with E-state index in [0.29, 0.717) is 5.69 Å². The maximum absolute atomic E-state index is 11.4. The summed E-state index contributed by atoms with van der Waals surface area (Å²) in [5.41, 5.74) is 0.369. The molecule has 0 aliphatic carbocycles. The van der Waals surface area contributed by atoms with E-state index in [1.165, 1.54) is 0 Å². The van der Waals surface area contributed by atoms with E-state index in [9.17, 15) is 9.59 Å². The number of nitrogens with one attached hydrogen (secondary N) is 2. The number of ether oxygens (including phenoxy) is 1. The molecule has 0 spiro atoms. The Morgan fingerprint density at radius 2 is 2.11 bits per heavy atom. The van der Waals surface area contributed by atoms with Gasteiger partial charge in [0.1, 0.15) is 5.75 Å². The van der Waals surface area contributed by atoms with Crippen molar-refractivity contribution in [1.82, 2.24) is 5.32 Å². The Morgan fingerprint density at radius 3 is 2.78 bits per heavy atom. The first-order valence-electron chi connectivity index (χ1n) is 5.05. The molecule has 0 atom stereocenters. The van der Waals surface area contributed by atoms with Crippen molar-refractivity contribution in [2.24, 2.45) is 0 Å². The third-order valence-electron chi connectivity index (χ3n) is 1.84. The lowest BCUT2D eigenvalue weighted by Crippen LogP contribution is -2.29. The third kappa shape index (κ3) is 4.45. The fraction of sp³-hybridized carbons (Fsp3) is 0.167. The Kier molecular flexibility index (Phi) is 5.06. The van der Waals surface area contributed by atoms with Gasteiger partial charge in [-0.15, -0.1) is 6.42 Å². The van der Waals surface area contributed by atoms with Crippen LogP contribution in [0.5, 0.6) is 5.75 Å². The molecular weight excluding hydrogens is 236 g/mol. The second-order valence-corrected chi connectivity index (χ2v) is 3.19. The number of anilines is 1. The molecule has 1 aromatic carbocycles. The van der Waals surface area contributed by atoms with Crippen molar-refractivity contribution in [2.75, 3.05) is 18.5 Å². The molecule has 94 valence electrons. The molecule has 0 heterocycles. The molecule has 3 N–H and O–H groups in total. The van der Waals surface area contributed by atoms with Crippen LogP contribution < -0.4 is 15.4 Å². The van der Waals surface area contributed by atoms with Crippen LogP contribution >= 0.6 is 0 Å². The molecular formula is C12H12N2O4. The molecule has 0 unspecified atom stereocenters. The van der Waals surface area contributed by atoms with Crippen LogP contribution in [0.3, 0.4) is 0 Å². The fourth-order valence-corrected chi connectivity index (χ4v) is 1.13. The van der Waals surface area contributed by atoms with Gasteiger partial charge in [-0.2, -0.15) is 0 Å². The second kappa shape index (κ2) is 6.81. The van der Waals surface area contributed by atoms with Crippen LogP contribution in [0, 0.1) is 12.3 Å². The molecule has 0 fully saturated rings. The highest BCUT2D eigenvalue weighted by Crippen LogP contribution is 2.23. The van der Waals surface area contributed by atoms with Crippen molar-refractivity contribution in [2.45, 2.75) is 0 Å². The number of rotatable bonds is 5. The summed E-state index contributed by atoms with van der Waals surface area (Å²) in [5, 5.41) is 13.4. The Bertz CT molecular complexity index is 479. The molecule has 1 rings (SSSR count). The standard InChI is InChI=1S/C12H12N2O4/c1-2-7-13-12(17)14-9-5-3-4-6-10(9)18-8-11(15)16/h1,3-6H,7-8H2,(H,15,16)(H2,13,14,17). The average Bonchev–Trinajstić information content (AvgIpc) is 2.35. The normalized spacial score (nSPS) is 9.06. The van der Waals surface area contributed by atoms with Gasteiger partial charge in [0.15, 0.2) is 6.61 Å². The van der Waals surface area contributed by atoms with E-state index in [0.717, 1.165) is 0 Å². The maximum atomic E-state index is 11.4. The number of urea groups is 1. The van der Waals surface area contributed by atoms with Gasteiger partial charge in [0, 0.05) is 0 Å². The predicted octanol–water partition coefficient (Wildman–Crippen LogP) is 0.905. The maximum Gasteiger partial charge on any atom is 0.341 e. The minimum absolute atomic E-state index is 0.101. The molecule has 6 nitrogen and oxygen atoms in total. The van der Waals surface area contributed by atoms with Gasteiger partial charge in [-0.3, -0.25) is 0 Å². The molecule has 0 saturated heterocycles. The number of amides is 2. The first-order valence-corrected chi connectivity index (χ1v) is 5.05. The number of hydrogen-bond acceptors (Lipinski definition) is 3. The number of carbonyl (C=O) groups is 2. The Hall–Kier alpha value is -2.68. The van der Waals surface area contributed by atoms with Gasteiger partial charge in [-0.05, 0) is 12.1 Å². The van der Waals surface area contributed by atoms with Gasteiger partial charge in [-0.25, -0.2) is 9.59 Å². The molecule has 0 aliphatic rings. The number of aliphatic carboxylic acids is 1. The lowest BCUT2D eigenvalue weighted by molar-refractivity contribution is -0.139. The van der Waals surface area contributed by atoms with Crippen LogP contribution in [0.15, 0.2) is 24.3 Å². The van der Waals surface area contributed by atoms with Gasteiger partial charge < -0.3 is 20.5 Å². The zero-order valence-electron chi connectivity index (χ0n) is 9.47. The highest BCUT2D eigenvalue weighted by atomic mass is 16.5. The van der Waals surface area contributed by atoms with Crippen molar-refractivity contribution in [1.29, 1.82) is 0 Å². The topological polar surface area (TPSA) is 87.7 Å². The monoisotopic (exact) mass is 248 g/mol. The van der Waals surface area contributed by atoms with Gasteiger partial charge in [-0.1, -0.05) is 18.1 Å². The largest absolute Gasteiger partial charge is 0.480 e. The smallest absolute Gasteiger partial charge is 0.341 e. The highest BCUT2D eigenvalue weighted by molar-refractivity contribution is 5.91. The van der Waals surface area contributed by atoms with E-state index in [1.807, 2.05) is 0 Å². The SMILES string of the molecule is C#CCNC(=O)Nc1ccccc1OCC(=O)O. The zero-order chi connectivity index (χ0) is 13.4. The number of para-hydroxylation sites is 2. The Balaban J connectivity index is 2.67. The van der Waals surface area contributed by atoms with Gasteiger partial charge in [0.25, 0.3) is 0 Å². The molecule has 2 amide bonds. The average molecular weight is 248 g/mol. The summed E-state index contributed by atoms with van der Waals surface area (Å²) in [4.78, 5) is 21.8. The van der Waals surface area contributed by atoms with Crippen molar-refractivity contribution in [3.8, 4) is 18.1 Å². The lowest BCUT2D eigenvalue weighted by atomic mass is 10.3. The molecule has 0 bridgehead atoms. The van der Waals surface area contributed by atoms with E-state index < -0.39 is 18.6 Å². The van der Waals surface area contributed by atoms with Crippen LogP contribution in [0.2, 0.25) is 0 Å². The number of terminal acetylenes is 1. The van der Waals surface area contributed by atoms with Crippen molar-refractivity contribution in [3.05, 3.63) is 24.3 Å². The molecule has 0 radical (unpaired) electrons. The van der Waals surface area contributed by atoms with E-state index in [-0.39, 0.29) is 12.3 Å². The second-order valence-electron chi connectivity index (χ2n) is 3.19. The number of benzene rings is 1. The first-order chi connectivity index (χ1) is 8.63. The lowest BCUT2D eigenvalue weighted by Gasteiger charge is -2.11. The fourth-order valence-electron chi connectivity index (χ4n) is 1.13. The number of carbonyl (C=O) groups excluding carboxylic acids is 1. The molecule has 0 aliphatic heterocycles. The molecule has 18 heavy (non-hydrogen) atoms. The minimum Gasteiger partial charge on any atom is -0.480 e. The van der Waals surface area contributed by atoms with Gasteiger partial charge >= 0.3 is 12.0 Å². The summed E-state index contributed by atoms with van der Waals surface area (Å²) < 4.78 is 5.02. The zero-order valence-corrected chi connectivity index (χ0v) is 9.47. The van der Waals surface area contributed by atoms with E-state index in [4.69, 9.17) is 16.3 Å². The van der Waals surface area contributed by atoms with E-state index >= 15 is 0 Å². The van der Waals surface area contributed by atoms with E-state index in [1.54, 1.807) is 24.3 Å². The number of carboxylic acid groups (broad SMARTS) is 1. The highest BCUT2D eigenvalue weighted by Gasteiger charge is 2.07. The Labute approximate surface area is 104 Å². The van der Waals surface area contributed by atoms with Crippen molar-refractivity contribution < 1.29 is 19.4 Å². The predicted molar refractivity (Wildman–Crippen MR) is 65.4 cm³/mol. The number of carboxylic acids is 1. The van der Waals surface area contributed by atoms with Gasteiger partial charge in [0.05, 0.1) is 12.2 Å². The van der Waals surface area contributed by atoms with Crippen LogP contribution in [-0.4, -0.2) is 30.3 Å². The molecule has 6 heteroatoms. The van der Waals surface area contributed by atoms with Crippen molar-refractivity contribution in [3.63, 3.8) is 0 Å². The molecule has 0 aromatic heterocycles. The molecule has 1 aromatic rings. The summed E-state index contributed by atoms with van der Waals surface area (Å²) in [6.45, 7) is -0.380. The van der Waals surface area contributed by atoms with Crippen LogP contribution in [0.25, 0.3) is 0 Å². The van der Waals surface area contributed by atoms with Crippen LogP contribution in [0.4, 0.5) is 10.5 Å². The quantitative estimate of drug-likeness (QED) is 0.676. The van der Waals surface area contributed by atoms with E-state index in [2.05, 4.69) is 16.6 Å². The van der Waals surface area contributed by atoms with Crippen LogP contribution in [-0.2, 0) is 4.79 Å². The summed E-state index contributed by atoms with van der Waals surface area (Å²) >= 11 is 0. The van der Waals surface area contributed by atoms with Crippen molar-refractivity contribution >= 4 is 17.7 Å². The summed E-state index contributed by atoms with van der Waals surface area (Å²) in [6.07, 6.45) is 5.00. The van der Waals surface area contributed by atoms with Crippen LogP contribution in [0.1, 0.15) is 0 Å². The number of hydrogen-bond donors (Lipinski definition) is 3. The summed E-state index contributed by atoms with van der Waals surface area (Å²) in [6, 6.07) is 6.01. The van der Waals surface area contributed by atoms with Gasteiger partial charge in [0.2, 0.25) is 0 Å². The summed E-state index contributed by atoms with van der Waals surface area (Å²) in [5.74, 6) is 1.44.